The largest absolute Gasteiger partial charge is 0.454 e. The van der Waals surface area contributed by atoms with E-state index in [1.807, 2.05) is 0 Å². The highest BCUT2D eigenvalue weighted by Gasteiger charge is 2.19. The van der Waals surface area contributed by atoms with Gasteiger partial charge in [0, 0.05) is 16.1 Å². The van der Waals surface area contributed by atoms with E-state index in [4.69, 9.17) is 16.3 Å². The topological polar surface area (TPSA) is 102 Å². The molecule has 0 spiro atoms. The lowest BCUT2D eigenvalue weighted by Gasteiger charge is -2.13. The quantitative estimate of drug-likeness (QED) is 0.736. The molecule has 2 rings (SSSR count). The van der Waals surface area contributed by atoms with Crippen LogP contribution < -0.4 is 10.6 Å². The molecule has 2 N–H and O–H groups in total. The van der Waals surface area contributed by atoms with Crippen molar-refractivity contribution in [2.45, 2.75) is 13.0 Å². The van der Waals surface area contributed by atoms with Gasteiger partial charge >= 0.3 is 5.97 Å². The van der Waals surface area contributed by atoms with Crippen LogP contribution in [-0.2, 0) is 14.3 Å². The number of benzene rings is 2. The SMILES string of the molecule is C[C@H](NC(=O)c1ccc(Cl)cc1)C(=O)OCC(=O)NC(=O)c1ccccc1. The van der Waals surface area contributed by atoms with Gasteiger partial charge in [0.05, 0.1) is 0 Å². The van der Waals surface area contributed by atoms with Crippen molar-refractivity contribution in [3.8, 4) is 0 Å². The van der Waals surface area contributed by atoms with E-state index in [2.05, 4.69) is 10.6 Å². The molecule has 0 saturated carbocycles. The van der Waals surface area contributed by atoms with Crippen molar-refractivity contribution in [2.75, 3.05) is 6.61 Å². The fourth-order valence-electron chi connectivity index (χ4n) is 2.03. The Hall–Kier alpha value is -3.19. The molecule has 0 radical (unpaired) electrons. The Bertz CT molecular complexity index is 837. The number of rotatable bonds is 6. The molecule has 2 aromatic rings. The molecule has 2 aromatic carbocycles. The van der Waals surface area contributed by atoms with Gasteiger partial charge in [-0.1, -0.05) is 29.8 Å². The molecule has 0 heterocycles. The number of carbonyl (C=O) groups excluding carboxylic acids is 4. The molecule has 8 heteroatoms. The summed E-state index contributed by atoms with van der Waals surface area (Å²) < 4.78 is 4.82. The van der Waals surface area contributed by atoms with Gasteiger partial charge < -0.3 is 10.1 Å². The van der Waals surface area contributed by atoms with Gasteiger partial charge in [0.2, 0.25) is 0 Å². The van der Waals surface area contributed by atoms with Crippen LogP contribution in [0.3, 0.4) is 0 Å². The highest BCUT2D eigenvalue weighted by Crippen LogP contribution is 2.09. The highest BCUT2D eigenvalue weighted by atomic mass is 35.5. The number of hydrogen-bond acceptors (Lipinski definition) is 5. The van der Waals surface area contributed by atoms with Crippen LogP contribution in [0.5, 0.6) is 0 Å². The zero-order chi connectivity index (χ0) is 19.8. The van der Waals surface area contributed by atoms with Crippen LogP contribution in [0.15, 0.2) is 54.6 Å². The first-order chi connectivity index (χ1) is 12.9. The number of nitrogens with one attached hydrogen (secondary N) is 2. The maximum Gasteiger partial charge on any atom is 0.328 e. The zero-order valence-corrected chi connectivity index (χ0v) is 15.2. The fourth-order valence-corrected chi connectivity index (χ4v) is 2.15. The number of amides is 3. The van der Waals surface area contributed by atoms with Crippen molar-refractivity contribution < 1.29 is 23.9 Å². The van der Waals surface area contributed by atoms with Gasteiger partial charge in [-0.15, -0.1) is 0 Å². The Balaban J connectivity index is 1.78. The lowest BCUT2D eigenvalue weighted by Crippen LogP contribution is -2.41. The molecule has 0 saturated heterocycles. The summed E-state index contributed by atoms with van der Waals surface area (Å²) >= 11 is 5.75. The van der Waals surface area contributed by atoms with E-state index >= 15 is 0 Å². The van der Waals surface area contributed by atoms with Gasteiger partial charge in [-0.2, -0.15) is 0 Å². The summed E-state index contributed by atoms with van der Waals surface area (Å²) in [6.07, 6.45) is 0. The van der Waals surface area contributed by atoms with E-state index < -0.39 is 36.3 Å². The first kappa shape index (κ1) is 20.1. The van der Waals surface area contributed by atoms with Crippen LogP contribution in [0.2, 0.25) is 5.02 Å². The van der Waals surface area contributed by atoms with E-state index in [1.54, 1.807) is 42.5 Å². The lowest BCUT2D eigenvalue weighted by atomic mass is 10.2. The lowest BCUT2D eigenvalue weighted by molar-refractivity contribution is -0.149. The monoisotopic (exact) mass is 388 g/mol. The second-order valence-corrected chi connectivity index (χ2v) is 5.99. The molecular weight excluding hydrogens is 372 g/mol. The van der Waals surface area contributed by atoms with Crippen LogP contribution in [0.4, 0.5) is 0 Å². The summed E-state index contributed by atoms with van der Waals surface area (Å²) in [7, 11) is 0. The van der Waals surface area contributed by atoms with Crippen LogP contribution >= 0.6 is 11.6 Å². The molecule has 0 aliphatic rings. The molecular formula is C19H17ClN2O5. The minimum absolute atomic E-state index is 0.306. The van der Waals surface area contributed by atoms with E-state index in [1.165, 1.54) is 19.1 Å². The third kappa shape index (κ3) is 6.23. The zero-order valence-electron chi connectivity index (χ0n) is 14.4. The van der Waals surface area contributed by atoms with Crippen molar-refractivity contribution >= 4 is 35.3 Å². The minimum Gasteiger partial charge on any atom is -0.454 e. The second-order valence-electron chi connectivity index (χ2n) is 5.55. The second kappa shape index (κ2) is 9.49. The van der Waals surface area contributed by atoms with Gasteiger partial charge in [-0.25, -0.2) is 4.79 Å². The maximum atomic E-state index is 12.0. The van der Waals surface area contributed by atoms with Gasteiger partial charge in [-0.3, -0.25) is 19.7 Å². The maximum absolute atomic E-state index is 12.0. The predicted molar refractivity (Wildman–Crippen MR) is 98.3 cm³/mol. The Kier molecular flexibility index (Phi) is 7.08. The predicted octanol–water partition coefficient (Wildman–Crippen LogP) is 1.96. The van der Waals surface area contributed by atoms with Gasteiger partial charge in [-0.05, 0) is 43.3 Å². The summed E-state index contributed by atoms with van der Waals surface area (Å²) in [6.45, 7) is 0.780. The normalized spacial score (nSPS) is 11.2. The average molecular weight is 389 g/mol. The Morgan fingerprint density at radius 1 is 0.926 bits per heavy atom. The summed E-state index contributed by atoms with van der Waals surface area (Å²) in [5.41, 5.74) is 0.631. The Morgan fingerprint density at radius 3 is 2.15 bits per heavy atom. The molecule has 0 aromatic heterocycles. The van der Waals surface area contributed by atoms with E-state index in [-0.39, 0.29) is 0 Å². The molecule has 0 aliphatic heterocycles. The molecule has 0 unspecified atom stereocenters. The fraction of sp³-hybridized carbons (Fsp3) is 0.158. The Morgan fingerprint density at radius 2 is 1.52 bits per heavy atom. The first-order valence-corrected chi connectivity index (χ1v) is 8.37. The molecule has 27 heavy (non-hydrogen) atoms. The number of hydrogen-bond donors (Lipinski definition) is 2. The highest BCUT2D eigenvalue weighted by molar-refractivity contribution is 6.30. The first-order valence-electron chi connectivity index (χ1n) is 7.99. The summed E-state index contributed by atoms with van der Waals surface area (Å²) in [4.78, 5) is 47.5. The number of halogens is 1. The average Bonchev–Trinajstić information content (AvgIpc) is 2.67. The van der Waals surface area contributed by atoms with E-state index in [0.29, 0.717) is 16.1 Å². The number of imide groups is 1. The van der Waals surface area contributed by atoms with Crippen LogP contribution in [0, 0.1) is 0 Å². The minimum atomic E-state index is -0.981. The molecule has 0 bridgehead atoms. The van der Waals surface area contributed by atoms with Crippen molar-refractivity contribution in [3.63, 3.8) is 0 Å². The van der Waals surface area contributed by atoms with Gasteiger partial charge in [0.1, 0.15) is 6.04 Å². The van der Waals surface area contributed by atoms with E-state index in [9.17, 15) is 19.2 Å². The smallest absolute Gasteiger partial charge is 0.328 e. The van der Waals surface area contributed by atoms with Crippen LogP contribution in [0.1, 0.15) is 27.6 Å². The molecule has 0 aliphatic carbocycles. The van der Waals surface area contributed by atoms with E-state index in [0.717, 1.165) is 0 Å². The Labute approximate surface area is 160 Å². The van der Waals surface area contributed by atoms with Crippen molar-refractivity contribution in [1.82, 2.24) is 10.6 Å². The number of carbonyl (C=O) groups is 4. The number of ether oxygens (including phenoxy) is 1. The van der Waals surface area contributed by atoms with Gasteiger partial charge in [0.25, 0.3) is 17.7 Å². The van der Waals surface area contributed by atoms with Crippen LogP contribution in [0.25, 0.3) is 0 Å². The molecule has 3 amide bonds. The third-order valence-electron chi connectivity index (χ3n) is 3.44. The molecule has 7 nitrogen and oxygen atoms in total. The standard InChI is InChI=1S/C19H17ClN2O5/c1-12(21-17(24)14-7-9-15(20)10-8-14)19(26)27-11-16(23)22-18(25)13-5-3-2-4-6-13/h2-10,12H,11H2,1H3,(H,21,24)(H,22,23,25)/t12-/m0/s1. The van der Waals surface area contributed by atoms with Gasteiger partial charge in [0.15, 0.2) is 6.61 Å². The summed E-state index contributed by atoms with van der Waals surface area (Å²) in [6, 6.07) is 13.3. The molecule has 140 valence electrons. The van der Waals surface area contributed by atoms with Crippen molar-refractivity contribution in [1.29, 1.82) is 0 Å². The summed E-state index contributed by atoms with van der Waals surface area (Å²) in [5, 5.41) is 5.04. The van der Waals surface area contributed by atoms with Crippen molar-refractivity contribution in [2.24, 2.45) is 0 Å². The number of esters is 1. The van der Waals surface area contributed by atoms with Crippen LogP contribution in [-0.4, -0.2) is 36.3 Å². The van der Waals surface area contributed by atoms with Crippen molar-refractivity contribution in [3.05, 3.63) is 70.7 Å². The molecule has 1 atom stereocenters. The molecule has 0 fully saturated rings. The summed E-state index contributed by atoms with van der Waals surface area (Å²) in [5.74, 6) is -2.66. The third-order valence-corrected chi connectivity index (χ3v) is 3.69.